The number of amides is 1. The van der Waals surface area contributed by atoms with Crippen molar-refractivity contribution in [3.63, 3.8) is 0 Å². The fraction of sp³-hybridized carbons (Fsp3) is 0.417. The number of carbonyl (C=O) groups excluding carboxylic acids is 1. The molecule has 2 aromatic rings. The van der Waals surface area contributed by atoms with E-state index in [2.05, 4.69) is 14.1 Å². The molecule has 0 aliphatic heterocycles. The normalized spacial score (nSPS) is 10.6. The molecule has 0 saturated heterocycles. The standard InChI is InChI=1S/C12H15N3O2S2/c1-8-3-4-10(17-8)5-13-12(16)7-18-6-11-9(2)14-19-15-11/h3-4H,5-7H2,1-2H3,(H,13,16). The molecular formula is C12H15N3O2S2. The predicted octanol–water partition coefficient (Wildman–Crippen LogP) is 2.30. The number of nitrogens with zero attached hydrogens (tertiary/aromatic N) is 2. The van der Waals surface area contributed by atoms with Crippen molar-refractivity contribution in [1.82, 2.24) is 14.1 Å². The highest BCUT2D eigenvalue weighted by molar-refractivity contribution is 7.99. The minimum absolute atomic E-state index is 0.0000973. The topological polar surface area (TPSA) is 68.0 Å². The average Bonchev–Trinajstić information content (AvgIpc) is 2.96. The number of nitrogens with one attached hydrogen (secondary N) is 1. The SMILES string of the molecule is Cc1ccc(CNC(=O)CSCc2nsnc2C)o1. The molecular weight excluding hydrogens is 282 g/mol. The maximum Gasteiger partial charge on any atom is 0.230 e. The van der Waals surface area contributed by atoms with Gasteiger partial charge in [0.1, 0.15) is 11.5 Å². The van der Waals surface area contributed by atoms with Crippen molar-refractivity contribution in [2.45, 2.75) is 26.1 Å². The Bertz CT molecular complexity index is 551. The molecule has 2 rings (SSSR count). The summed E-state index contributed by atoms with van der Waals surface area (Å²) < 4.78 is 13.6. The molecule has 0 saturated carbocycles. The number of hydrogen-bond donors (Lipinski definition) is 1. The summed E-state index contributed by atoms with van der Waals surface area (Å²) in [7, 11) is 0. The van der Waals surface area contributed by atoms with Crippen LogP contribution >= 0.6 is 23.5 Å². The summed E-state index contributed by atoms with van der Waals surface area (Å²) in [6, 6.07) is 3.75. The average molecular weight is 297 g/mol. The van der Waals surface area contributed by atoms with Crippen molar-refractivity contribution in [2.75, 3.05) is 5.75 Å². The van der Waals surface area contributed by atoms with Gasteiger partial charge in [0.25, 0.3) is 0 Å². The van der Waals surface area contributed by atoms with Gasteiger partial charge in [0.15, 0.2) is 0 Å². The third kappa shape index (κ3) is 4.36. The van der Waals surface area contributed by atoms with Crippen molar-refractivity contribution < 1.29 is 9.21 Å². The Hall–Kier alpha value is -1.34. The minimum Gasteiger partial charge on any atom is -0.465 e. The third-order valence-electron chi connectivity index (χ3n) is 2.47. The van der Waals surface area contributed by atoms with Crippen LogP contribution in [0.4, 0.5) is 0 Å². The molecule has 0 atom stereocenters. The molecule has 0 aromatic carbocycles. The molecule has 0 spiro atoms. The van der Waals surface area contributed by atoms with Gasteiger partial charge in [-0.15, -0.1) is 11.8 Å². The van der Waals surface area contributed by atoms with Crippen LogP contribution in [0.2, 0.25) is 0 Å². The van der Waals surface area contributed by atoms with Crippen LogP contribution in [0.1, 0.15) is 22.9 Å². The maximum absolute atomic E-state index is 11.6. The molecule has 0 aliphatic rings. The summed E-state index contributed by atoms with van der Waals surface area (Å²) in [5, 5.41) is 2.82. The molecule has 0 radical (unpaired) electrons. The number of aryl methyl sites for hydroxylation is 2. The van der Waals surface area contributed by atoms with E-state index in [4.69, 9.17) is 4.42 Å². The summed E-state index contributed by atoms with van der Waals surface area (Å²) in [5.74, 6) is 2.76. The van der Waals surface area contributed by atoms with Crippen LogP contribution in [-0.4, -0.2) is 20.4 Å². The number of rotatable bonds is 6. The number of thioether (sulfide) groups is 1. The smallest absolute Gasteiger partial charge is 0.230 e. The summed E-state index contributed by atoms with van der Waals surface area (Å²) in [5.41, 5.74) is 1.91. The van der Waals surface area contributed by atoms with E-state index in [-0.39, 0.29) is 5.91 Å². The maximum atomic E-state index is 11.6. The first-order valence-electron chi connectivity index (χ1n) is 5.83. The first kappa shape index (κ1) is 14.1. The van der Waals surface area contributed by atoms with E-state index in [1.54, 1.807) is 0 Å². The second-order valence-electron chi connectivity index (χ2n) is 4.08. The van der Waals surface area contributed by atoms with E-state index in [0.29, 0.717) is 12.3 Å². The lowest BCUT2D eigenvalue weighted by Crippen LogP contribution is -2.24. The summed E-state index contributed by atoms with van der Waals surface area (Å²) in [4.78, 5) is 11.6. The van der Waals surface area contributed by atoms with Gasteiger partial charge in [0.05, 0.1) is 35.4 Å². The molecule has 5 nitrogen and oxygen atoms in total. The number of aromatic nitrogens is 2. The van der Waals surface area contributed by atoms with Crippen LogP contribution in [0.15, 0.2) is 16.5 Å². The van der Waals surface area contributed by atoms with E-state index in [0.717, 1.165) is 28.7 Å². The minimum atomic E-state index is -0.0000973. The summed E-state index contributed by atoms with van der Waals surface area (Å²) in [6.45, 7) is 4.24. The lowest BCUT2D eigenvalue weighted by molar-refractivity contribution is -0.118. The van der Waals surface area contributed by atoms with Crippen molar-refractivity contribution in [3.05, 3.63) is 35.0 Å². The van der Waals surface area contributed by atoms with Gasteiger partial charge in [0, 0.05) is 5.75 Å². The van der Waals surface area contributed by atoms with Gasteiger partial charge >= 0.3 is 0 Å². The van der Waals surface area contributed by atoms with Crippen LogP contribution < -0.4 is 5.32 Å². The zero-order valence-corrected chi connectivity index (χ0v) is 12.4. The Balaban J connectivity index is 1.66. The zero-order valence-electron chi connectivity index (χ0n) is 10.8. The molecule has 2 heterocycles. The molecule has 0 aliphatic carbocycles. The molecule has 102 valence electrons. The van der Waals surface area contributed by atoms with Crippen LogP contribution in [-0.2, 0) is 17.1 Å². The molecule has 2 aromatic heterocycles. The fourth-order valence-electron chi connectivity index (χ4n) is 1.44. The van der Waals surface area contributed by atoms with Gasteiger partial charge in [-0.2, -0.15) is 8.75 Å². The number of hydrogen-bond acceptors (Lipinski definition) is 6. The number of carbonyl (C=O) groups is 1. The van der Waals surface area contributed by atoms with E-state index >= 15 is 0 Å². The highest BCUT2D eigenvalue weighted by Crippen LogP contribution is 2.13. The van der Waals surface area contributed by atoms with E-state index in [1.807, 2.05) is 26.0 Å². The van der Waals surface area contributed by atoms with Gasteiger partial charge in [-0.25, -0.2) is 0 Å². The molecule has 0 unspecified atom stereocenters. The predicted molar refractivity (Wildman–Crippen MR) is 76.1 cm³/mol. The Labute approximate surface area is 120 Å². The molecule has 1 amide bonds. The monoisotopic (exact) mass is 297 g/mol. The van der Waals surface area contributed by atoms with E-state index < -0.39 is 0 Å². The van der Waals surface area contributed by atoms with E-state index in [1.165, 1.54) is 23.5 Å². The molecule has 7 heteroatoms. The van der Waals surface area contributed by atoms with Crippen molar-refractivity contribution in [1.29, 1.82) is 0 Å². The Kier molecular flexibility index (Phi) is 4.98. The summed E-state index contributed by atoms with van der Waals surface area (Å²) >= 11 is 2.74. The van der Waals surface area contributed by atoms with Gasteiger partial charge in [0.2, 0.25) is 5.91 Å². The Morgan fingerprint density at radius 3 is 2.89 bits per heavy atom. The molecule has 0 fully saturated rings. The number of furan rings is 1. The Morgan fingerprint density at radius 2 is 2.26 bits per heavy atom. The third-order valence-corrected chi connectivity index (χ3v) is 4.08. The van der Waals surface area contributed by atoms with Crippen molar-refractivity contribution >= 4 is 29.4 Å². The lowest BCUT2D eigenvalue weighted by Gasteiger charge is -2.02. The molecule has 0 bridgehead atoms. The fourth-order valence-corrected chi connectivity index (χ4v) is 2.94. The lowest BCUT2D eigenvalue weighted by atomic mass is 10.4. The van der Waals surface area contributed by atoms with Crippen molar-refractivity contribution in [3.8, 4) is 0 Å². The van der Waals surface area contributed by atoms with Crippen molar-refractivity contribution in [2.24, 2.45) is 0 Å². The largest absolute Gasteiger partial charge is 0.465 e. The highest BCUT2D eigenvalue weighted by Gasteiger charge is 2.07. The molecule has 1 N–H and O–H groups in total. The van der Waals surface area contributed by atoms with Gasteiger partial charge in [-0.3, -0.25) is 4.79 Å². The highest BCUT2D eigenvalue weighted by atomic mass is 32.2. The van der Waals surface area contributed by atoms with Gasteiger partial charge < -0.3 is 9.73 Å². The second kappa shape index (κ2) is 6.72. The van der Waals surface area contributed by atoms with Crippen LogP contribution in [0, 0.1) is 13.8 Å². The summed E-state index contributed by atoms with van der Waals surface area (Å²) in [6.07, 6.45) is 0. The second-order valence-corrected chi connectivity index (χ2v) is 5.59. The first-order valence-corrected chi connectivity index (χ1v) is 7.71. The van der Waals surface area contributed by atoms with E-state index in [9.17, 15) is 4.79 Å². The van der Waals surface area contributed by atoms with Crippen LogP contribution in [0.3, 0.4) is 0 Å². The van der Waals surface area contributed by atoms with Crippen LogP contribution in [0.25, 0.3) is 0 Å². The first-order chi connectivity index (χ1) is 9.15. The van der Waals surface area contributed by atoms with Gasteiger partial charge in [-0.1, -0.05) is 0 Å². The van der Waals surface area contributed by atoms with Crippen LogP contribution in [0.5, 0.6) is 0 Å². The molecule has 19 heavy (non-hydrogen) atoms. The Morgan fingerprint density at radius 1 is 1.42 bits per heavy atom. The van der Waals surface area contributed by atoms with Gasteiger partial charge in [-0.05, 0) is 26.0 Å². The zero-order chi connectivity index (χ0) is 13.7. The quantitative estimate of drug-likeness (QED) is 0.886.